The van der Waals surface area contributed by atoms with Gasteiger partial charge in [-0.25, -0.2) is 0 Å². The molecule has 0 N–H and O–H groups in total. The molecule has 1 rings (SSSR count). The molecular weight excluding hydrogens is 226 g/mol. The number of imide groups is 1. The number of nitrogens with zero attached hydrogens (tertiary/aromatic N) is 1. The quantitative estimate of drug-likeness (QED) is 0.383. The van der Waals surface area contributed by atoms with Gasteiger partial charge in [0.1, 0.15) is 6.29 Å². The Morgan fingerprint density at radius 1 is 1.38 bits per heavy atom. The van der Waals surface area contributed by atoms with E-state index in [0.29, 0.717) is 19.4 Å². The maximum absolute atomic E-state index is 11.7. The fraction of sp³-hybridized carbons (Fsp3) is 0.727. The van der Waals surface area contributed by atoms with Crippen LogP contribution in [0.4, 0.5) is 0 Å². The van der Waals surface area contributed by atoms with E-state index in [9.17, 15) is 14.4 Å². The molecule has 5 heteroatoms. The van der Waals surface area contributed by atoms with Crippen molar-refractivity contribution < 1.29 is 14.4 Å². The monoisotopic (exact) mass is 243 g/mol. The Hall–Kier alpha value is -0.840. The molecule has 0 aromatic rings. The van der Waals surface area contributed by atoms with E-state index >= 15 is 0 Å². The molecule has 4 nitrogen and oxygen atoms in total. The predicted molar refractivity (Wildman–Crippen MR) is 63.2 cm³/mol. The zero-order valence-corrected chi connectivity index (χ0v) is 10.3. The Morgan fingerprint density at radius 2 is 2.12 bits per heavy atom. The fourth-order valence-electron chi connectivity index (χ4n) is 1.75. The molecule has 1 heterocycles. The number of amides is 2. The van der Waals surface area contributed by atoms with Gasteiger partial charge >= 0.3 is 0 Å². The second kappa shape index (κ2) is 6.68. The smallest absolute Gasteiger partial charge is 0.242 e. The summed E-state index contributed by atoms with van der Waals surface area (Å²) in [6, 6.07) is 0. The molecule has 0 aromatic carbocycles. The highest BCUT2D eigenvalue weighted by atomic mass is 32.2. The van der Waals surface area contributed by atoms with Gasteiger partial charge in [-0.1, -0.05) is 6.42 Å². The average molecular weight is 243 g/mol. The number of hydrogen-bond donors (Lipinski definition) is 0. The van der Waals surface area contributed by atoms with Gasteiger partial charge in [0.05, 0.1) is 5.25 Å². The molecule has 0 radical (unpaired) electrons. The number of rotatable bonds is 7. The third-order valence-corrected chi connectivity index (χ3v) is 3.63. The van der Waals surface area contributed by atoms with Crippen LogP contribution in [0.25, 0.3) is 0 Å². The highest BCUT2D eigenvalue weighted by Crippen LogP contribution is 2.23. The van der Waals surface area contributed by atoms with Gasteiger partial charge in [0.25, 0.3) is 0 Å². The Morgan fingerprint density at radius 3 is 2.69 bits per heavy atom. The average Bonchev–Trinajstić information content (AvgIpc) is 2.55. The van der Waals surface area contributed by atoms with E-state index in [0.717, 1.165) is 25.5 Å². The number of thioether (sulfide) groups is 1. The van der Waals surface area contributed by atoms with Crippen LogP contribution in [-0.4, -0.2) is 41.1 Å². The van der Waals surface area contributed by atoms with Crippen LogP contribution in [0, 0.1) is 0 Å². The number of aldehydes is 1. The topological polar surface area (TPSA) is 54.5 Å². The summed E-state index contributed by atoms with van der Waals surface area (Å²) < 4.78 is 0. The maximum atomic E-state index is 11.7. The third-order valence-electron chi connectivity index (χ3n) is 2.69. The molecule has 0 spiro atoms. The lowest BCUT2D eigenvalue weighted by Gasteiger charge is -2.13. The van der Waals surface area contributed by atoms with Crippen LogP contribution in [0.3, 0.4) is 0 Å². The van der Waals surface area contributed by atoms with Crippen molar-refractivity contribution in [2.45, 2.75) is 37.4 Å². The number of carbonyl (C=O) groups excluding carboxylic acids is 3. The molecule has 1 saturated heterocycles. The number of carbonyl (C=O) groups is 3. The van der Waals surface area contributed by atoms with Crippen LogP contribution in [0.2, 0.25) is 0 Å². The van der Waals surface area contributed by atoms with Crippen molar-refractivity contribution in [1.82, 2.24) is 4.90 Å². The number of hydrogen-bond acceptors (Lipinski definition) is 4. The molecule has 1 aliphatic rings. The van der Waals surface area contributed by atoms with Crippen molar-refractivity contribution in [3.63, 3.8) is 0 Å². The molecule has 1 unspecified atom stereocenters. The van der Waals surface area contributed by atoms with E-state index < -0.39 is 0 Å². The van der Waals surface area contributed by atoms with Crippen LogP contribution >= 0.6 is 11.8 Å². The van der Waals surface area contributed by atoms with Crippen LogP contribution in [-0.2, 0) is 14.4 Å². The predicted octanol–water partition coefficient (Wildman–Crippen LogP) is 1.24. The second-order valence-corrected chi connectivity index (χ2v) is 4.87. The van der Waals surface area contributed by atoms with Gasteiger partial charge in [-0.2, -0.15) is 11.8 Å². The third kappa shape index (κ3) is 3.33. The molecule has 0 saturated carbocycles. The first-order chi connectivity index (χ1) is 7.70. The van der Waals surface area contributed by atoms with Crippen LogP contribution in [0.5, 0.6) is 0 Å². The van der Waals surface area contributed by atoms with Crippen molar-refractivity contribution in [1.29, 1.82) is 0 Å². The second-order valence-electron chi connectivity index (χ2n) is 3.83. The summed E-state index contributed by atoms with van der Waals surface area (Å²) >= 11 is 1.44. The van der Waals surface area contributed by atoms with E-state index in [-0.39, 0.29) is 17.1 Å². The molecule has 1 atom stereocenters. The number of unbranched alkanes of at least 4 members (excludes halogenated alkanes) is 3. The first-order valence-corrected chi connectivity index (χ1v) is 6.80. The highest BCUT2D eigenvalue weighted by Gasteiger charge is 2.37. The maximum Gasteiger partial charge on any atom is 0.242 e. The molecular formula is C11H17NO3S. The fourth-order valence-corrected chi connectivity index (χ4v) is 2.38. The Bertz CT molecular complexity index is 280. The minimum atomic E-state index is -0.178. The first-order valence-electron chi connectivity index (χ1n) is 5.51. The molecule has 16 heavy (non-hydrogen) atoms. The molecule has 1 fully saturated rings. The van der Waals surface area contributed by atoms with Gasteiger partial charge in [0, 0.05) is 19.4 Å². The number of likely N-dealkylation sites (tertiary alicyclic amines) is 1. The Labute approximate surface area is 99.8 Å². The summed E-state index contributed by atoms with van der Waals surface area (Å²) in [5.74, 6) is -0.104. The standard InChI is InChI=1S/C11H17NO3S/c1-16-9-8-10(14)12(11(9)15)6-4-2-3-5-7-13/h7,9H,2-6,8H2,1H3. The van der Waals surface area contributed by atoms with E-state index in [4.69, 9.17) is 0 Å². The van der Waals surface area contributed by atoms with Gasteiger partial charge < -0.3 is 4.79 Å². The van der Waals surface area contributed by atoms with Crippen molar-refractivity contribution in [3.8, 4) is 0 Å². The van der Waals surface area contributed by atoms with E-state index in [1.165, 1.54) is 16.7 Å². The Balaban J connectivity index is 2.28. The molecule has 0 aromatic heterocycles. The van der Waals surface area contributed by atoms with Crippen LogP contribution in [0.1, 0.15) is 32.1 Å². The van der Waals surface area contributed by atoms with Gasteiger partial charge in [0.15, 0.2) is 0 Å². The SMILES string of the molecule is CSC1CC(=O)N(CCCCCC=O)C1=O. The van der Waals surface area contributed by atoms with Crippen molar-refractivity contribution >= 4 is 29.9 Å². The lowest BCUT2D eigenvalue weighted by Crippen LogP contribution is -2.32. The van der Waals surface area contributed by atoms with Crippen molar-refractivity contribution in [2.24, 2.45) is 0 Å². The molecule has 0 aliphatic carbocycles. The molecule has 2 amide bonds. The van der Waals surface area contributed by atoms with Gasteiger partial charge in [0.2, 0.25) is 11.8 Å². The summed E-state index contributed by atoms with van der Waals surface area (Å²) in [6.45, 7) is 0.508. The molecule has 1 aliphatic heterocycles. The normalized spacial score (nSPS) is 20.6. The van der Waals surface area contributed by atoms with Crippen LogP contribution in [0.15, 0.2) is 0 Å². The van der Waals surface area contributed by atoms with Crippen molar-refractivity contribution in [2.75, 3.05) is 12.8 Å². The minimum Gasteiger partial charge on any atom is -0.303 e. The van der Waals surface area contributed by atoms with Gasteiger partial charge in [-0.05, 0) is 19.1 Å². The lowest BCUT2D eigenvalue weighted by atomic mass is 10.2. The van der Waals surface area contributed by atoms with E-state index in [1.807, 2.05) is 6.26 Å². The van der Waals surface area contributed by atoms with Crippen molar-refractivity contribution in [3.05, 3.63) is 0 Å². The first kappa shape index (κ1) is 13.2. The van der Waals surface area contributed by atoms with Gasteiger partial charge in [-0.15, -0.1) is 0 Å². The zero-order valence-electron chi connectivity index (χ0n) is 9.48. The zero-order chi connectivity index (χ0) is 12.0. The summed E-state index contributed by atoms with van der Waals surface area (Å²) in [7, 11) is 0. The van der Waals surface area contributed by atoms with Gasteiger partial charge in [-0.3, -0.25) is 14.5 Å². The molecule has 90 valence electrons. The largest absolute Gasteiger partial charge is 0.303 e. The summed E-state index contributed by atoms with van der Waals surface area (Å²) in [4.78, 5) is 34.7. The molecule has 0 bridgehead atoms. The minimum absolute atomic E-state index is 0.0483. The lowest BCUT2D eigenvalue weighted by molar-refractivity contribution is -0.138. The summed E-state index contributed by atoms with van der Waals surface area (Å²) in [5, 5.41) is -0.178. The van der Waals surface area contributed by atoms with E-state index in [1.54, 1.807) is 0 Å². The van der Waals surface area contributed by atoms with E-state index in [2.05, 4.69) is 0 Å². The van der Waals surface area contributed by atoms with Crippen LogP contribution < -0.4 is 0 Å². The highest BCUT2D eigenvalue weighted by molar-refractivity contribution is 8.00. The summed E-state index contributed by atoms with van der Waals surface area (Å²) in [6.07, 6.45) is 6.18. The summed E-state index contributed by atoms with van der Waals surface area (Å²) in [5.41, 5.74) is 0. The Kier molecular flexibility index (Phi) is 5.52.